The van der Waals surface area contributed by atoms with E-state index in [1.807, 2.05) is 12.1 Å². The Morgan fingerprint density at radius 3 is 2.75 bits per heavy atom. The molecule has 0 unspecified atom stereocenters. The van der Waals surface area contributed by atoms with Crippen LogP contribution in [0, 0.1) is 0 Å². The van der Waals surface area contributed by atoms with Gasteiger partial charge in [-0.05, 0) is 30.7 Å². The van der Waals surface area contributed by atoms with E-state index in [0.29, 0.717) is 11.6 Å². The van der Waals surface area contributed by atoms with Crippen molar-refractivity contribution >= 4 is 29.6 Å². The summed E-state index contributed by atoms with van der Waals surface area (Å²) in [6, 6.07) is 7.31. The van der Waals surface area contributed by atoms with Gasteiger partial charge >= 0.3 is 0 Å². The predicted octanol–water partition coefficient (Wildman–Crippen LogP) is 3.61. The number of nitrogens with zero attached hydrogens (tertiary/aromatic N) is 2. The van der Waals surface area contributed by atoms with Crippen molar-refractivity contribution in [3.63, 3.8) is 0 Å². The SMILES string of the molecule is CCCCCCOC(N)=NC=NNc1ccc(Cl)cc1. The van der Waals surface area contributed by atoms with Gasteiger partial charge < -0.3 is 10.5 Å². The lowest BCUT2D eigenvalue weighted by Crippen LogP contribution is -2.17. The fourth-order valence-corrected chi connectivity index (χ4v) is 1.58. The quantitative estimate of drug-likeness (QED) is 0.333. The summed E-state index contributed by atoms with van der Waals surface area (Å²) in [7, 11) is 0. The number of ether oxygens (including phenoxy) is 1. The van der Waals surface area contributed by atoms with Crippen LogP contribution in [0.4, 0.5) is 5.69 Å². The van der Waals surface area contributed by atoms with Gasteiger partial charge in [-0.1, -0.05) is 37.8 Å². The summed E-state index contributed by atoms with van der Waals surface area (Å²) in [4.78, 5) is 3.87. The van der Waals surface area contributed by atoms with Gasteiger partial charge in [0, 0.05) is 5.02 Å². The first-order valence-corrected chi connectivity index (χ1v) is 7.09. The molecule has 0 heterocycles. The van der Waals surface area contributed by atoms with Gasteiger partial charge in [-0.25, -0.2) is 0 Å². The smallest absolute Gasteiger partial charge is 0.288 e. The number of hydrogen-bond donors (Lipinski definition) is 2. The summed E-state index contributed by atoms with van der Waals surface area (Å²) in [5.74, 6) is 0. The second-order valence-electron chi connectivity index (χ2n) is 4.24. The van der Waals surface area contributed by atoms with Gasteiger partial charge in [-0.3, -0.25) is 5.43 Å². The first kappa shape index (κ1) is 16.3. The van der Waals surface area contributed by atoms with Crippen LogP contribution in [0.3, 0.4) is 0 Å². The Labute approximate surface area is 124 Å². The summed E-state index contributed by atoms with van der Waals surface area (Å²) < 4.78 is 5.25. The van der Waals surface area contributed by atoms with Crippen molar-refractivity contribution < 1.29 is 4.74 Å². The number of rotatable bonds is 8. The van der Waals surface area contributed by atoms with Gasteiger partial charge in [0.15, 0.2) is 0 Å². The molecule has 1 aromatic rings. The summed E-state index contributed by atoms with van der Waals surface area (Å²) in [6.45, 7) is 2.76. The Kier molecular flexibility index (Phi) is 8.22. The minimum Gasteiger partial charge on any atom is -0.465 e. The number of unbranched alkanes of at least 4 members (excludes halogenated alkanes) is 3. The Morgan fingerprint density at radius 2 is 2.05 bits per heavy atom. The van der Waals surface area contributed by atoms with Gasteiger partial charge in [0.25, 0.3) is 6.02 Å². The van der Waals surface area contributed by atoms with E-state index in [4.69, 9.17) is 22.1 Å². The summed E-state index contributed by atoms with van der Waals surface area (Å²) in [5.41, 5.74) is 9.20. The molecule has 20 heavy (non-hydrogen) atoms. The number of hydrazone groups is 1. The molecule has 1 aromatic carbocycles. The predicted molar refractivity (Wildman–Crippen MR) is 85.3 cm³/mol. The molecule has 0 aliphatic heterocycles. The highest BCUT2D eigenvalue weighted by Gasteiger charge is 1.92. The fraction of sp³-hybridized carbons (Fsp3) is 0.429. The second-order valence-corrected chi connectivity index (χ2v) is 4.68. The standard InChI is InChI=1S/C14H21ClN4O/c1-2-3-4-5-10-20-14(16)17-11-18-19-13-8-6-12(15)7-9-13/h6-9,11,19H,2-5,10H2,1H3,(H2,16,17,18). The third-order valence-corrected chi connectivity index (χ3v) is 2.78. The summed E-state index contributed by atoms with van der Waals surface area (Å²) in [6.07, 6.45) is 5.87. The Balaban J connectivity index is 2.21. The van der Waals surface area contributed by atoms with Crippen LogP contribution in [0.25, 0.3) is 0 Å². The second kappa shape index (κ2) is 10.1. The molecular formula is C14H21ClN4O. The van der Waals surface area contributed by atoms with Gasteiger partial charge in [-0.2, -0.15) is 10.1 Å². The zero-order chi connectivity index (χ0) is 14.6. The average Bonchev–Trinajstić information content (AvgIpc) is 2.45. The Hall–Kier alpha value is -1.75. The number of anilines is 1. The van der Waals surface area contributed by atoms with E-state index in [1.165, 1.54) is 19.2 Å². The van der Waals surface area contributed by atoms with Crippen LogP contribution in [0.5, 0.6) is 0 Å². The van der Waals surface area contributed by atoms with E-state index in [1.54, 1.807) is 12.1 Å². The third-order valence-electron chi connectivity index (χ3n) is 2.53. The van der Waals surface area contributed by atoms with Crippen molar-refractivity contribution in [2.75, 3.05) is 12.0 Å². The number of nitrogens with one attached hydrogen (secondary N) is 1. The number of aliphatic imine (C=N–C) groups is 1. The highest BCUT2D eigenvalue weighted by Crippen LogP contribution is 2.12. The third kappa shape index (κ3) is 7.63. The molecule has 1 rings (SSSR count). The lowest BCUT2D eigenvalue weighted by atomic mass is 10.2. The van der Waals surface area contributed by atoms with Gasteiger partial charge in [0.2, 0.25) is 0 Å². The normalized spacial score (nSPS) is 11.8. The van der Waals surface area contributed by atoms with Crippen LogP contribution in [-0.4, -0.2) is 19.0 Å². The maximum Gasteiger partial charge on any atom is 0.288 e. The molecule has 0 saturated heterocycles. The van der Waals surface area contributed by atoms with Crippen molar-refractivity contribution in [1.29, 1.82) is 0 Å². The van der Waals surface area contributed by atoms with E-state index in [2.05, 4.69) is 22.4 Å². The first-order valence-electron chi connectivity index (χ1n) is 6.71. The molecule has 0 spiro atoms. The number of benzene rings is 1. The van der Waals surface area contributed by atoms with Crippen LogP contribution in [0.2, 0.25) is 5.02 Å². The van der Waals surface area contributed by atoms with Crippen molar-refractivity contribution in [2.24, 2.45) is 15.8 Å². The van der Waals surface area contributed by atoms with Crippen LogP contribution < -0.4 is 11.2 Å². The first-order chi connectivity index (χ1) is 9.72. The fourth-order valence-electron chi connectivity index (χ4n) is 1.46. The van der Waals surface area contributed by atoms with Crippen LogP contribution in [0.1, 0.15) is 32.6 Å². The molecule has 0 bridgehead atoms. The van der Waals surface area contributed by atoms with Crippen molar-refractivity contribution in [3.8, 4) is 0 Å². The van der Waals surface area contributed by atoms with Gasteiger partial charge in [0.1, 0.15) is 6.34 Å². The lowest BCUT2D eigenvalue weighted by molar-refractivity contribution is 0.288. The molecule has 6 heteroatoms. The van der Waals surface area contributed by atoms with Crippen LogP contribution in [0.15, 0.2) is 34.4 Å². The van der Waals surface area contributed by atoms with Crippen LogP contribution >= 0.6 is 11.6 Å². The van der Waals surface area contributed by atoms with Gasteiger partial charge in [-0.15, -0.1) is 0 Å². The molecule has 5 nitrogen and oxygen atoms in total. The molecule has 0 fully saturated rings. The molecule has 0 amide bonds. The highest BCUT2D eigenvalue weighted by atomic mass is 35.5. The minimum absolute atomic E-state index is 0.128. The molecule has 0 aliphatic carbocycles. The molecule has 0 aliphatic rings. The maximum absolute atomic E-state index is 5.77. The lowest BCUT2D eigenvalue weighted by Gasteiger charge is -2.03. The molecular weight excluding hydrogens is 276 g/mol. The summed E-state index contributed by atoms with van der Waals surface area (Å²) >= 11 is 5.77. The van der Waals surface area contributed by atoms with E-state index >= 15 is 0 Å². The number of nitrogens with two attached hydrogens (primary N) is 1. The van der Waals surface area contributed by atoms with E-state index < -0.39 is 0 Å². The van der Waals surface area contributed by atoms with Crippen LogP contribution in [-0.2, 0) is 4.74 Å². The number of hydrogen-bond acceptors (Lipinski definition) is 3. The van der Waals surface area contributed by atoms with Gasteiger partial charge in [0.05, 0.1) is 12.3 Å². The van der Waals surface area contributed by atoms with E-state index in [0.717, 1.165) is 18.5 Å². The molecule has 0 atom stereocenters. The van der Waals surface area contributed by atoms with Crippen molar-refractivity contribution in [3.05, 3.63) is 29.3 Å². The number of amidine groups is 1. The Morgan fingerprint density at radius 1 is 1.30 bits per heavy atom. The largest absolute Gasteiger partial charge is 0.465 e. The maximum atomic E-state index is 5.77. The van der Waals surface area contributed by atoms with Crippen molar-refractivity contribution in [1.82, 2.24) is 0 Å². The monoisotopic (exact) mass is 296 g/mol. The van der Waals surface area contributed by atoms with Crippen molar-refractivity contribution in [2.45, 2.75) is 32.6 Å². The molecule has 3 N–H and O–H groups in total. The van der Waals surface area contributed by atoms with E-state index in [9.17, 15) is 0 Å². The number of halogens is 1. The molecule has 0 radical (unpaired) electrons. The topological polar surface area (TPSA) is 72.0 Å². The molecule has 0 saturated carbocycles. The molecule has 0 aromatic heterocycles. The zero-order valence-corrected chi connectivity index (χ0v) is 12.4. The Bertz CT molecular complexity index is 431. The molecule has 110 valence electrons. The minimum atomic E-state index is 0.128. The summed E-state index contributed by atoms with van der Waals surface area (Å²) in [5, 5.41) is 4.58. The zero-order valence-electron chi connectivity index (χ0n) is 11.7. The average molecular weight is 297 g/mol. The van der Waals surface area contributed by atoms with E-state index in [-0.39, 0.29) is 6.02 Å². The highest BCUT2D eigenvalue weighted by molar-refractivity contribution is 6.30.